The topological polar surface area (TPSA) is 75.3 Å². The fraction of sp³-hybridized carbons (Fsp3) is 0.316. The van der Waals surface area contributed by atoms with Gasteiger partial charge in [-0.1, -0.05) is 44.5 Å². The lowest BCUT2D eigenvalue weighted by atomic mass is 9.87. The molecule has 0 aliphatic heterocycles. The molecule has 1 amide bonds. The summed E-state index contributed by atoms with van der Waals surface area (Å²) in [5.41, 5.74) is 1.71. The number of carbonyl (C=O) groups excluding carboxylic acids is 1. The molecular weight excluding hydrogens is 372 g/mol. The van der Waals surface area contributed by atoms with Gasteiger partial charge < -0.3 is 5.32 Å². The van der Waals surface area contributed by atoms with Crippen molar-refractivity contribution in [3.8, 4) is 0 Å². The Morgan fingerprint density at radius 3 is 2.08 bits per heavy atom. The number of rotatable bonds is 6. The minimum atomic E-state index is -3.62. The van der Waals surface area contributed by atoms with Crippen LogP contribution in [0, 0.1) is 0 Å². The van der Waals surface area contributed by atoms with E-state index in [0.29, 0.717) is 10.6 Å². The molecule has 2 aromatic rings. The van der Waals surface area contributed by atoms with Gasteiger partial charge in [0.1, 0.15) is 0 Å². The van der Waals surface area contributed by atoms with E-state index in [1.807, 2.05) is 12.1 Å². The Kier molecular flexibility index (Phi) is 6.44. The minimum absolute atomic E-state index is 0.0228. The SMILES string of the molecule is CC(C)(C)c1ccc(C(=O)NCCNS(=O)(=O)c2ccc(Cl)cc2)cc1. The van der Waals surface area contributed by atoms with E-state index in [4.69, 9.17) is 11.6 Å². The molecule has 2 aromatic carbocycles. The highest BCUT2D eigenvalue weighted by molar-refractivity contribution is 7.89. The van der Waals surface area contributed by atoms with Crippen LogP contribution in [0.3, 0.4) is 0 Å². The van der Waals surface area contributed by atoms with Crippen molar-refractivity contribution in [3.05, 3.63) is 64.7 Å². The van der Waals surface area contributed by atoms with Crippen LogP contribution in [-0.2, 0) is 15.4 Å². The van der Waals surface area contributed by atoms with E-state index in [-0.39, 0.29) is 29.3 Å². The summed E-state index contributed by atoms with van der Waals surface area (Å²) in [7, 11) is -3.62. The first-order chi connectivity index (χ1) is 12.1. The molecule has 26 heavy (non-hydrogen) atoms. The summed E-state index contributed by atoms with van der Waals surface area (Å²) in [6.45, 7) is 6.60. The van der Waals surface area contributed by atoms with Gasteiger partial charge in [-0.3, -0.25) is 4.79 Å². The molecule has 0 spiro atoms. The van der Waals surface area contributed by atoms with E-state index < -0.39 is 10.0 Å². The fourth-order valence-electron chi connectivity index (χ4n) is 2.28. The maximum Gasteiger partial charge on any atom is 0.251 e. The van der Waals surface area contributed by atoms with Crippen molar-refractivity contribution in [2.45, 2.75) is 31.1 Å². The van der Waals surface area contributed by atoms with Crippen molar-refractivity contribution in [1.29, 1.82) is 0 Å². The van der Waals surface area contributed by atoms with Gasteiger partial charge in [0.05, 0.1) is 4.90 Å². The van der Waals surface area contributed by atoms with Crippen LogP contribution in [0.5, 0.6) is 0 Å². The fourth-order valence-corrected chi connectivity index (χ4v) is 3.44. The standard InChI is InChI=1S/C19H23ClN2O3S/c1-19(2,3)15-6-4-14(5-7-15)18(23)21-12-13-22-26(24,25)17-10-8-16(20)9-11-17/h4-11,22H,12-13H2,1-3H3,(H,21,23). The van der Waals surface area contributed by atoms with Crippen LogP contribution in [-0.4, -0.2) is 27.4 Å². The van der Waals surface area contributed by atoms with Crippen LogP contribution < -0.4 is 10.0 Å². The van der Waals surface area contributed by atoms with E-state index in [0.717, 1.165) is 5.56 Å². The van der Waals surface area contributed by atoms with E-state index in [9.17, 15) is 13.2 Å². The maximum absolute atomic E-state index is 12.1. The predicted molar refractivity (Wildman–Crippen MR) is 104 cm³/mol. The van der Waals surface area contributed by atoms with Crippen molar-refractivity contribution in [2.75, 3.05) is 13.1 Å². The van der Waals surface area contributed by atoms with Crippen LogP contribution in [0.15, 0.2) is 53.4 Å². The Bertz CT molecular complexity index is 855. The first kappa shape index (κ1) is 20.4. The first-order valence-corrected chi connectivity index (χ1v) is 10.1. The molecule has 0 aliphatic carbocycles. The zero-order valence-electron chi connectivity index (χ0n) is 15.0. The molecule has 0 aromatic heterocycles. The van der Waals surface area contributed by atoms with Crippen molar-refractivity contribution in [3.63, 3.8) is 0 Å². The van der Waals surface area contributed by atoms with Gasteiger partial charge in [0, 0.05) is 23.7 Å². The summed E-state index contributed by atoms with van der Waals surface area (Å²) < 4.78 is 26.7. The van der Waals surface area contributed by atoms with E-state index in [1.165, 1.54) is 24.3 Å². The zero-order chi connectivity index (χ0) is 19.4. The predicted octanol–water partition coefficient (Wildman–Crippen LogP) is 3.35. The van der Waals surface area contributed by atoms with Crippen LogP contribution in [0.25, 0.3) is 0 Å². The van der Waals surface area contributed by atoms with Crippen LogP contribution >= 0.6 is 11.6 Å². The van der Waals surface area contributed by atoms with Gasteiger partial charge in [0.2, 0.25) is 10.0 Å². The molecule has 2 rings (SSSR count). The molecule has 0 saturated heterocycles. The average Bonchev–Trinajstić information content (AvgIpc) is 2.58. The summed E-state index contributed by atoms with van der Waals surface area (Å²) in [5, 5.41) is 3.17. The monoisotopic (exact) mass is 394 g/mol. The molecule has 0 aliphatic rings. The molecule has 0 fully saturated rings. The van der Waals surface area contributed by atoms with Gasteiger partial charge in [0.25, 0.3) is 5.91 Å². The van der Waals surface area contributed by atoms with Crippen molar-refractivity contribution < 1.29 is 13.2 Å². The summed E-state index contributed by atoms with van der Waals surface area (Å²) >= 11 is 5.75. The second-order valence-corrected chi connectivity index (χ2v) is 9.14. The Morgan fingerprint density at radius 1 is 0.962 bits per heavy atom. The molecule has 0 bridgehead atoms. The van der Waals surface area contributed by atoms with Crippen LogP contribution in [0.4, 0.5) is 0 Å². The first-order valence-electron chi connectivity index (χ1n) is 8.23. The smallest absolute Gasteiger partial charge is 0.251 e. The number of hydrogen-bond donors (Lipinski definition) is 2. The summed E-state index contributed by atoms with van der Waals surface area (Å²) in [5.74, 6) is -0.240. The second-order valence-electron chi connectivity index (χ2n) is 6.93. The van der Waals surface area contributed by atoms with Crippen molar-refractivity contribution >= 4 is 27.5 Å². The molecule has 0 atom stereocenters. The minimum Gasteiger partial charge on any atom is -0.351 e. The third-order valence-electron chi connectivity index (χ3n) is 3.84. The van der Waals surface area contributed by atoms with Crippen LogP contribution in [0.2, 0.25) is 5.02 Å². The number of halogens is 1. The number of sulfonamides is 1. The molecule has 0 heterocycles. The molecule has 0 saturated carbocycles. The Balaban J connectivity index is 1.85. The van der Waals surface area contributed by atoms with Gasteiger partial charge in [-0.2, -0.15) is 0 Å². The third kappa shape index (κ3) is 5.56. The molecule has 0 radical (unpaired) electrons. The molecular formula is C19H23ClN2O3S. The van der Waals surface area contributed by atoms with Gasteiger partial charge in [0.15, 0.2) is 0 Å². The molecule has 5 nitrogen and oxygen atoms in total. The Hall–Kier alpha value is -1.89. The van der Waals surface area contributed by atoms with Crippen molar-refractivity contribution in [2.24, 2.45) is 0 Å². The summed E-state index contributed by atoms with van der Waals surface area (Å²) in [4.78, 5) is 12.3. The maximum atomic E-state index is 12.1. The lowest BCUT2D eigenvalue weighted by molar-refractivity contribution is 0.0954. The summed E-state index contributed by atoms with van der Waals surface area (Å²) in [6, 6.07) is 13.3. The normalized spacial score (nSPS) is 12.0. The Morgan fingerprint density at radius 2 is 1.54 bits per heavy atom. The lowest BCUT2D eigenvalue weighted by Gasteiger charge is -2.19. The van der Waals surface area contributed by atoms with Gasteiger partial charge in [-0.05, 0) is 47.4 Å². The highest BCUT2D eigenvalue weighted by Crippen LogP contribution is 2.22. The second kappa shape index (κ2) is 8.20. The quantitative estimate of drug-likeness (QED) is 0.738. The number of amides is 1. The van der Waals surface area contributed by atoms with Crippen molar-refractivity contribution in [1.82, 2.24) is 10.0 Å². The highest BCUT2D eigenvalue weighted by atomic mass is 35.5. The largest absolute Gasteiger partial charge is 0.351 e. The van der Waals surface area contributed by atoms with E-state index >= 15 is 0 Å². The van der Waals surface area contributed by atoms with Gasteiger partial charge >= 0.3 is 0 Å². The number of benzene rings is 2. The average molecular weight is 395 g/mol. The summed E-state index contributed by atoms with van der Waals surface area (Å²) in [6.07, 6.45) is 0. The lowest BCUT2D eigenvalue weighted by Crippen LogP contribution is -2.34. The number of nitrogens with one attached hydrogen (secondary N) is 2. The number of hydrogen-bond acceptors (Lipinski definition) is 3. The van der Waals surface area contributed by atoms with E-state index in [1.54, 1.807) is 12.1 Å². The zero-order valence-corrected chi connectivity index (χ0v) is 16.6. The molecule has 140 valence electrons. The molecule has 2 N–H and O–H groups in total. The third-order valence-corrected chi connectivity index (χ3v) is 5.57. The highest BCUT2D eigenvalue weighted by Gasteiger charge is 2.15. The van der Waals surface area contributed by atoms with Gasteiger partial charge in [-0.15, -0.1) is 0 Å². The number of carbonyl (C=O) groups is 1. The van der Waals surface area contributed by atoms with E-state index in [2.05, 4.69) is 30.8 Å². The molecule has 7 heteroatoms. The van der Waals surface area contributed by atoms with Crippen LogP contribution in [0.1, 0.15) is 36.7 Å². The molecule has 0 unspecified atom stereocenters. The Labute approximate surface area is 159 Å². The van der Waals surface area contributed by atoms with Gasteiger partial charge in [-0.25, -0.2) is 13.1 Å².